The fourth-order valence-corrected chi connectivity index (χ4v) is 1.41. The third-order valence-electron chi connectivity index (χ3n) is 2.74. The Labute approximate surface area is 70.8 Å². The van der Waals surface area contributed by atoms with Gasteiger partial charge in [0.05, 0.1) is 0 Å². The molecule has 1 rings (SSSR count). The number of hydrogen-bond donors (Lipinski definition) is 0. The summed E-state index contributed by atoms with van der Waals surface area (Å²) in [5.74, 6) is 0. The predicted octanol–water partition coefficient (Wildman–Crippen LogP) is -0.871. The summed E-state index contributed by atoms with van der Waals surface area (Å²) in [5, 5.41) is 0. The maximum atomic E-state index is 2.26. The fraction of sp³-hybridized carbons (Fsp3) is 0.333. The molecule has 1 aromatic rings. The average Bonchev–Trinajstić information content (AvgIpc) is 1.97. The highest BCUT2D eigenvalue weighted by molar-refractivity contribution is 6.40. The summed E-state index contributed by atoms with van der Waals surface area (Å²) in [6.07, 6.45) is 0. The van der Waals surface area contributed by atoms with Gasteiger partial charge >= 0.3 is 0 Å². The second-order valence-electron chi connectivity index (χ2n) is 3.39. The second kappa shape index (κ2) is 2.77. The SMILES string of the molecule is Bc1c(C)cc(C)c(B)c1C. The van der Waals surface area contributed by atoms with E-state index in [9.17, 15) is 0 Å². The van der Waals surface area contributed by atoms with Crippen molar-refractivity contribution < 1.29 is 0 Å². The molecule has 0 bridgehead atoms. The van der Waals surface area contributed by atoms with Gasteiger partial charge in [-0.05, 0) is 20.8 Å². The number of benzene rings is 1. The lowest BCUT2D eigenvalue weighted by Crippen LogP contribution is -2.24. The summed E-state index contributed by atoms with van der Waals surface area (Å²) in [7, 11) is 4.38. The number of hydrogen-bond acceptors (Lipinski definition) is 0. The van der Waals surface area contributed by atoms with Crippen LogP contribution in [0.1, 0.15) is 16.7 Å². The van der Waals surface area contributed by atoms with Crippen LogP contribution in [0.3, 0.4) is 0 Å². The minimum atomic E-state index is 1.41. The molecule has 0 unspecified atom stereocenters. The number of rotatable bonds is 0. The van der Waals surface area contributed by atoms with Crippen LogP contribution in [-0.2, 0) is 0 Å². The number of aryl methyl sites for hydroxylation is 2. The van der Waals surface area contributed by atoms with Crippen LogP contribution in [0.15, 0.2) is 6.07 Å². The lowest BCUT2D eigenvalue weighted by Gasteiger charge is -2.11. The molecule has 0 heterocycles. The zero-order valence-electron chi connectivity index (χ0n) is 8.08. The summed E-state index contributed by atoms with van der Waals surface area (Å²) < 4.78 is 0. The van der Waals surface area contributed by atoms with E-state index in [0.29, 0.717) is 0 Å². The molecule has 0 nitrogen and oxygen atoms in total. The van der Waals surface area contributed by atoms with Gasteiger partial charge in [0.15, 0.2) is 0 Å². The summed E-state index contributed by atoms with van der Waals surface area (Å²) in [4.78, 5) is 0. The smallest absolute Gasteiger partial charge is 0.0838 e. The monoisotopic (exact) mass is 144 g/mol. The maximum Gasteiger partial charge on any atom is 0.139 e. The van der Waals surface area contributed by atoms with Crippen LogP contribution in [0.2, 0.25) is 0 Å². The molecule has 0 fully saturated rings. The van der Waals surface area contributed by atoms with E-state index in [2.05, 4.69) is 42.5 Å². The van der Waals surface area contributed by atoms with Gasteiger partial charge in [0, 0.05) is 0 Å². The van der Waals surface area contributed by atoms with Crippen molar-refractivity contribution in [3.05, 3.63) is 22.8 Å². The van der Waals surface area contributed by atoms with Crippen molar-refractivity contribution in [3.63, 3.8) is 0 Å². The molecule has 0 N–H and O–H groups in total. The highest BCUT2D eigenvalue weighted by atomic mass is 14.0. The molecule has 0 radical (unpaired) electrons. The lowest BCUT2D eigenvalue weighted by atomic mass is 9.77. The lowest BCUT2D eigenvalue weighted by molar-refractivity contribution is 1.39. The van der Waals surface area contributed by atoms with Gasteiger partial charge in [-0.2, -0.15) is 0 Å². The first kappa shape index (κ1) is 8.45. The Morgan fingerprint density at radius 1 is 0.909 bits per heavy atom. The summed E-state index contributed by atoms with van der Waals surface area (Å²) >= 11 is 0. The van der Waals surface area contributed by atoms with E-state index in [1.165, 1.54) is 27.6 Å². The van der Waals surface area contributed by atoms with Crippen molar-refractivity contribution in [2.45, 2.75) is 20.8 Å². The Hall–Kier alpha value is -0.650. The van der Waals surface area contributed by atoms with Gasteiger partial charge in [0.25, 0.3) is 0 Å². The van der Waals surface area contributed by atoms with E-state index in [1.54, 1.807) is 0 Å². The third-order valence-corrected chi connectivity index (χ3v) is 2.74. The zero-order chi connectivity index (χ0) is 8.59. The van der Waals surface area contributed by atoms with E-state index in [0.717, 1.165) is 0 Å². The molecule has 1 aromatic carbocycles. The molecular formula is C9H14B2. The standard InChI is InChI=1S/C9H14B2/c1-5-4-6(2)9(11)7(3)8(5)10/h4H,10-11H2,1-3H3. The highest BCUT2D eigenvalue weighted by Crippen LogP contribution is 2.00. The summed E-state index contributed by atoms with van der Waals surface area (Å²) in [6, 6.07) is 2.26. The van der Waals surface area contributed by atoms with E-state index in [1.807, 2.05) is 0 Å². The van der Waals surface area contributed by atoms with E-state index < -0.39 is 0 Å². The van der Waals surface area contributed by atoms with Gasteiger partial charge in [-0.25, -0.2) is 0 Å². The zero-order valence-corrected chi connectivity index (χ0v) is 8.08. The van der Waals surface area contributed by atoms with Gasteiger partial charge in [0.2, 0.25) is 0 Å². The average molecular weight is 144 g/mol. The molecule has 2 heteroatoms. The van der Waals surface area contributed by atoms with Crippen LogP contribution in [0.5, 0.6) is 0 Å². The first-order valence-electron chi connectivity index (χ1n) is 4.08. The van der Waals surface area contributed by atoms with Crippen LogP contribution in [-0.4, -0.2) is 15.7 Å². The molecule has 11 heavy (non-hydrogen) atoms. The largest absolute Gasteiger partial charge is 0.139 e. The van der Waals surface area contributed by atoms with Crippen LogP contribution >= 0.6 is 0 Å². The van der Waals surface area contributed by atoms with E-state index in [4.69, 9.17) is 0 Å². The Morgan fingerprint density at radius 3 is 1.64 bits per heavy atom. The molecule has 0 aliphatic carbocycles. The topological polar surface area (TPSA) is 0 Å². The molecule has 0 aromatic heterocycles. The second-order valence-corrected chi connectivity index (χ2v) is 3.39. The van der Waals surface area contributed by atoms with Crippen molar-refractivity contribution in [2.24, 2.45) is 0 Å². The molecule has 0 saturated heterocycles. The molecule has 0 saturated carbocycles. The van der Waals surface area contributed by atoms with Gasteiger partial charge in [-0.15, -0.1) is 0 Å². The Balaban J connectivity index is 3.46. The quantitative estimate of drug-likeness (QED) is 0.415. The molecule has 0 aliphatic heterocycles. The van der Waals surface area contributed by atoms with Crippen molar-refractivity contribution in [1.82, 2.24) is 0 Å². The summed E-state index contributed by atoms with van der Waals surface area (Å²) in [5.41, 5.74) is 7.14. The van der Waals surface area contributed by atoms with E-state index in [-0.39, 0.29) is 0 Å². The Bertz CT molecular complexity index is 264. The predicted molar refractivity (Wildman–Crippen MR) is 57.0 cm³/mol. The van der Waals surface area contributed by atoms with Crippen LogP contribution in [0, 0.1) is 20.8 Å². The van der Waals surface area contributed by atoms with Crippen LogP contribution < -0.4 is 10.9 Å². The normalized spacial score (nSPS) is 10.1. The molecule has 0 aliphatic rings. The highest BCUT2D eigenvalue weighted by Gasteiger charge is 2.02. The van der Waals surface area contributed by atoms with Crippen LogP contribution in [0.25, 0.3) is 0 Å². The maximum absolute atomic E-state index is 2.26. The third kappa shape index (κ3) is 1.35. The van der Waals surface area contributed by atoms with Crippen molar-refractivity contribution in [2.75, 3.05) is 0 Å². The molecule has 56 valence electrons. The first-order chi connectivity index (χ1) is 5.04. The molecule has 0 atom stereocenters. The van der Waals surface area contributed by atoms with E-state index >= 15 is 0 Å². The van der Waals surface area contributed by atoms with Crippen molar-refractivity contribution >= 4 is 26.6 Å². The van der Waals surface area contributed by atoms with Gasteiger partial charge < -0.3 is 0 Å². The van der Waals surface area contributed by atoms with Gasteiger partial charge in [0.1, 0.15) is 15.7 Å². The minimum absolute atomic E-state index is 1.41. The Morgan fingerprint density at radius 2 is 1.27 bits per heavy atom. The van der Waals surface area contributed by atoms with Crippen LogP contribution in [0.4, 0.5) is 0 Å². The summed E-state index contributed by atoms with van der Waals surface area (Å²) in [6.45, 7) is 6.55. The first-order valence-corrected chi connectivity index (χ1v) is 4.08. The fourth-order valence-electron chi connectivity index (χ4n) is 1.41. The molecule has 0 spiro atoms. The van der Waals surface area contributed by atoms with Gasteiger partial charge in [-0.3, -0.25) is 0 Å². The van der Waals surface area contributed by atoms with Gasteiger partial charge in [-0.1, -0.05) is 33.7 Å². The minimum Gasteiger partial charge on any atom is -0.0838 e. The molecular weight excluding hydrogens is 130 g/mol. The van der Waals surface area contributed by atoms with Crippen molar-refractivity contribution in [3.8, 4) is 0 Å². The molecule has 0 amide bonds. The van der Waals surface area contributed by atoms with Crippen molar-refractivity contribution in [1.29, 1.82) is 0 Å². The Kier molecular flexibility index (Phi) is 2.12.